The molecule has 2 aromatic heterocycles. The van der Waals surface area contributed by atoms with Gasteiger partial charge in [-0.05, 0) is 31.4 Å². The third-order valence-corrected chi connectivity index (χ3v) is 4.91. The van der Waals surface area contributed by atoms with Crippen LogP contribution < -0.4 is 10.1 Å². The molecule has 7 nitrogen and oxygen atoms in total. The van der Waals surface area contributed by atoms with Gasteiger partial charge in [0.25, 0.3) is 0 Å². The number of rotatable bonds is 7. The molecule has 0 radical (unpaired) electrons. The fourth-order valence-electron chi connectivity index (χ4n) is 3.47. The molecule has 1 fully saturated rings. The van der Waals surface area contributed by atoms with Crippen molar-refractivity contribution < 1.29 is 9.53 Å². The summed E-state index contributed by atoms with van der Waals surface area (Å²) < 4.78 is 5.83. The molecule has 3 heterocycles. The second-order valence-electron chi connectivity index (χ2n) is 7.70. The highest BCUT2D eigenvalue weighted by Crippen LogP contribution is 2.25. The summed E-state index contributed by atoms with van der Waals surface area (Å²) in [4.78, 5) is 26.6. The minimum atomic E-state index is 0.128. The maximum atomic E-state index is 12.4. The van der Waals surface area contributed by atoms with Crippen molar-refractivity contribution in [1.29, 1.82) is 0 Å². The lowest BCUT2D eigenvalue weighted by Crippen LogP contribution is -2.35. The van der Waals surface area contributed by atoms with Crippen LogP contribution in [0.15, 0.2) is 48.8 Å². The van der Waals surface area contributed by atoms with Crippen LogP contribution in [0.2, 0.25) is 0 Å². The zero-order chi connectivity index (χ0) is 22.8. The molecule has 4 rings (SSSR count). The van der Waals surface area contributed by atoms with Crippen LogP contribution in [0, 0.1) is 0 Å². The zero-order valence-electron chi connectivity index (χ0n) is 19.2. The SMILES string of the molecule is CC/C=C(/NCC(=O)N1CCCC1)c1c[nH]c2ncc(Oc3ccccc3)nc12.CCC. The molecule has 32 heavy (non-hydrogen) atoms. The summed E-state index contributed by atoms with van der Waals surface area (Å²) in [6.45, 7) is 8.29. The fourth-order valence-corrected chi connectivity index (χ4v) is 3.47. The van der Waals surface area contributed by atoms with Gasteiger partial charge in [-0.15, -0.1) is 0 Å². The lowest BCUT2D eigenvalue weighted by molar-refractivity contribution is -0.128. The van der Waals surface area contributed by atoms with Gasteiger partial charge in [0, 0.05) is 30.5 Å². The Morgan fingerprint density at radius 2 is 1.91 bits per heavy atom. The molecule has 170 valence electrons. The normalized spacial score (nSPS) is 13.6. The molecule has 0 atom stereocenters. The summed E-state index contributed by atoms with van der Waals surface area (Å²) in [6.07, 6.45) is 9.79. The number of carbonyl (C=O) groups is 1. The monoisotopic (exact) mass is 435 g/mol. The van der Waals surface area contributed by atoms with Crippen molar-refractivity contribution in [3.05, 3.63) is 54.4 Å². The summed E-state index contributed by atoms with van der Waals surface area (Å²) in [7, 11) is 0. The molecule has 0 unspecified atom stereocenters. The number of fused-ring (bicyclic) bond motifs is 1. The number of carbonyl (C=O) groups excluding carboxylic acids is 1. The average molecular weight is 436 g/mol. The summed E-state index contributed by atoms with van der Waals surface area (Å²) >= 11 is 0. The van der Waals surface area contributed by atoms with Crippen molar-refractivity contribution in [3.63, 3.8) is 0 Å². The summed E-state index contributed by atoms with van der Waals surface area (Å²) in [5.74, 6) is 1.26. The van der Waals surface area contributed by atoms with Crippen LogP contribution in [-0.2, 0) is 4.79 Å². The molecule has 0 saturated carbocycles. The minimum absolute atomic E-state index is 0.128. The van der Waals surface area contributed by atoms with Gasteiger partial charge < -0.3 is 19.9 Å². The minimum Gasteiger partial charge on any atom is -0.437 e. The number of aromatic amines is 1. The Balaban J connectivity index is 0.000000913. The smallest absolute Gasteiger partial charge is 0.241 e. The number of amides is 1. The quantitative estimate of drug-likeness (QED) is 0.538. The highest BCUT2D eigenvalue weighted by molar-refractivity contribution is 5.88. The second-order valence-corrected chi connectivity index (χ2v) is 7.70. The second kappa shape index (κ2) is 11.9. The number of ether oxygens (including phenoxy) is 1. The number of likely N-dealkylation sites (tertiary alicyclic amines) is 1. The molecule has 1 aliphatic heterocycles. The molecule has 2 N–H and O–H groups in total. The van der Waals surface area contributed by atoms with Crippen molar-refractivity contribution in [2.75, 3.05) is 19.6 Å². The van der Waals surface area contributed by atoms with Gasteiger partial charge in [-0.3, -0.25) is 4.79 Å². The van der Waals surface area contributed by atoms with Gasteiger partial charge in [-0.1, -0.05) is 51.5 Å². The maximum absolute atomic E-state index is 12.4. The number of hydrogen-bond acceptors (Lipinski definition) is 5. The Kier molecular flexibility index (Phi) is 8.66. The third-order valence-electron chi connectivity index (χ3n) is 4.91. The van der Waals surface area contributed by atoms with E-state index in [1.807, 2.05) is 41.4 Å². The molecular formula is C25H33N5O2. The van der Waals surface area contributed by atoms with Crippen LogP contribution in [-0.4, -0.2) is 45.4 Å². The molecule has 1 aliphatic rings. The lowest BCUT2D eigenvalue weighted by atomic mass is 10.2. The van der Waals surface area contributed by atoms with Crippen LogP contribution in [0.1, 0.15) is 52.0 Å². The Labute approximate surface area is 189 Å². The van der Waals surface area contributed by atoms with E-state index in [2.05, 4.69) is 47.1 Å². The van der Waals surface area contributed by atoms with E-state index in [9.17, 15) is 4.79 Å². The van der Waals surface area contributed by atoms with Crippen molar-refractivity contribution >= 4 is 22.8 Å². The van der Waals surface area contributed by atoms with E-state index in [1.165, 1.54) is 6.42 Å². The van der Waals surface area contributed by atoms with Crippen LogP contribution >= 0.6 is 0 Å². The molecular weight excluding hydrogens is 402 g/mol. The van der Waals surface area contributed by atoms with Gasteiger partial charge in [0.2, 0.25) is 11.8 Å². The van der Waals surface area contributed by atoms with E-state index in [4.69, 9.17) is 4.74 Å². The molecule has 3 aromatic rings. The molecule has 0 aliphatic carbocycles. The Morgan fingerprint density at radius 3 is 2.59 bits per heavy atom. The van der Waals surface area contributed by atoms with Gasteiger partial charge in [0.15, 0.2) is 5.65 Å². The maximum Gasteiger partial charge on any atom is 0.241 e. The molecule has 0 bridgehead atoms. The highest BCUT2D eigenvalue weighted by Gasteiger charge is 2.19. The Morgan fingerprint density at radius 1 is 1.19 bits per heavy atom. The topological polar surface area (TPSA) is 83.1 Å². The van der Waals surface area contributed by atoms with Crippen LogP contribution in [0.25, 0.3) is 16.9 Å². The Hall–Kier alpha value is -3.35. The van der Waals surface area contributed by atoms with Gasteiger partial charge in [-0.2, -0.15) is 0 Å². The highest BCUT2D eigenvalue weighted by atomic mass is 16.5. The number of para-hydroxylation sites is 1. The Bertz CT molecular complexity index is 1020. The van der Waals surface area contributed by atoms with Gasteiger partial charge in [-0.25, -0.2) is 9.97 Å². The van der Waals surface area contributed by atoms with E-state index in [-0.39, 0.29) is 12.5 Å². The van der Waals surface area contributed by atoms with Crippen LogP contribution in [0.3, 0.4) is 0 Å². The fraction of sp³-hybridized carbons (Fsp3) is 0.400. The van der Waals surface area contributed by atoms with E-state index in [0.717, 1.165) is 43.6 Å². The van der Waals surface area contributed by atoms with Gasteiger partial charge in [0.1, 0.15) is 11.3 Å². The van der Waals surface area contributed by atoms with Crippen LogP contribution in [0.4, 0.5) is 0 Å². The number of aromatic nitrogens is 3. The first-order chi connectivity index (χ1) is 15.7. The van der Waals surface area contributed by atoms with E-state index in [1.54, 1.807) is 6.20 Å². The first-order valence-corrected chi connectivity index (χ1v) is 11.4. The first kappa shape index (κ1) is 23.3. The summed E-state index contributed by atoms with van der Waals surface area (Å²) in [5.41, 5.74) is 3.13. The summed E-state index contributed by atoms with van der Waals surface area (Å²) in [6, 6.07) is 9.50. The number of nitrogens with zero attached hydrogens (tertiary/aromatic N) is 3. The van der Waals surface area contributed by atoms with E-state index >= 15 is 0 Å². The average Bonchev–Trinajstić information content (AvgIpc) is 3.48. The number of allylic oxidation sites excluding steroid dienone is 1. The summed E-state index contributed by atoms with van der Waals surface area (Å²) in [5, 5.41) is 3.30. The number of hydrogen-bond donors (Lipinski definition) is 2. The van der Waals surface area contributed by atoms with Crippen molar-refractivity contribution in [1.82, 2.24) is 25.2 Å². The van der Waals surface area contributed by atoms with Crippen LogP contribution in [0.5, 0.6) is 11.6 Å². The zero-order valence-corrected chi connectivity index (χ0v) is 19.2. The standard InChI is InChI=1S/C22H25N5O2.C3H8/c1-2-8-18(23-15-20(28)27-11-6-7-12-27)17-13-24-22-21(17)26-19(14-25-22)29-16-9-4-3-5-10-16;1-3-2/h3-5,8-10,13-14,23H,2,6-7,11-12,15H2,1H3,(H,24,25);3H2,1-2H3/b18-8+;. The van der Waals surface area contributed by atoms with Gasteiger partial charge >= 0.3 is 0 Å². The van der Waals surface area contributed by atoms with Crippen molar-refractivity contribution in [3.8, 4) is 11.6 Å². The molecule has 1 saturated heterocycles. The molecule has 1 aromatic carbocycles. The third kappa shape index (κ3) is 6.09. The van der Waals surface area contributed by atoms with E-state index < -0.39 is 0 Å². The molecule has 0 spiro atoms. The predicted octanol–water partition coefficient (Wildman–Crippen LogP) is 5.13. The van der Waals surface area contributed by atoms with E-state index in [0.29, 0.717) is 22.8 Å². The van der Waals surface area contributed by atoms with Crippen molar-refractivity contribution in [2.24, 2.45) is 0 Å². The number of benzene rings is 1. The lowest BCUT2D eigenvalue weighted by Gasteiger charge is -2.17. The first-order valence-electron chi connectivity index (χ1n) is 11.4. The number of H-pyrrole nitrogens is 1. The van der Waals surface area contributed by atoms with Crippen molar-refractivity contribution in [2.45, 2.75) is 46.5 Å². The predicted molar refractivity (Wildman–Crippen MR) is 128 cm³/mol. The molecule has 1 amide bonds. The molecule has 7 heteroatoms. The number of nitrogens with one attached hydrogen (secondary N) is 2. The largest absolute Gasteiger partial charge is 0.437 e. The van der Waals surface area contributed by atoms with Gasteiger partial charge in [0.05, 0.1) is 12.7 Å².